The third-order valence-corrected chi connectivity index (χ3v) is 5.67. The molecule has 1 aromatic heterocycles. The van der Waals surface area contributed by atoms with E-state index in [-0.39, 0.29) is 34.9 Å². The maximum absolute atomic E-state index is 13.3. The molecule has 4 aromatic rings. The lowest BCUT2D eigenvalue weighted by molar-refractivity contribution is -0.385. The van der Waals surface area contributed by atoms with Gasteiger partial charge in [-0.3, -0.25) is 24.5 Å². The summed E-state index contributed by atoms with van der Waals surface area (Å²) in [5.41, 5.74) is 1.93. The minimum absolute atomic E-state index is 0.0528. The second-order valence-electron chi connectivity index (χ2n) is 8.01. The molecular formula is C25H18N6O7. The lowest BCUT2D eigenvalue weighted by Crippen LogP contribution is -2.40. The van der Waals surface area contributed by atoms with Crippen LogP contribution < -0.4 is 25.8 Å². The molecule has 0 bridgehead atoms. The van der Waals surface area contributed by atoms with Crippen LogP contribution >= 0.6 is 0 Å². The Labute approximate surface area is 213 Å². The lowest BCUT2D eigenvalue weighted by Gasteiger charge is -2.18. The number of fused-ring (bicyclic) bond motifs is 2. The fourth-order valence-corrected chi connectivity index (χ4v) is 3.86. The lowest BCUT2D eigenvalue weighted by atomic mass is 10.0. The highest BCUT2D eigenvalue weighted by Crippen LogP contribution is 2.37. The number of nitro groups is 1. The van der Waals surface area contributed by atoms with E-state index in [2.05, 4.69) is 26.0 Å². The summed E-state index contributed by atoms with van der Waals surface area (Å²) in [6, 6.07) is 15.9. The van der Waals surface area contributed by atoms with Crippen molar-refractivity contribution in [3.8, 4) is 11.5 Å². The van der Waals surface area contributed by atoms with Crippen molar-refractivity contribution >= 4 is 34.5 Å². The van der Waals surface area contributed by atoms with Crippen LogP contribution in [0.5, 0.6) is 11.5 Å². The molecule has 3 aromatic carbocycles. The first kappa shape index (κ1) is 24.1. The second kappa shape index (κ2) is 10.2. The molecule has 1 aliphatic rings. The molecule has 0 fully saturated rings. The summed E-state index contributed by atoms with van der Waals surface area (Å²) in [6.07, 6.45) is 1.08. The first-order valence-corrected chi connectivity index (χ1v) is 11.2. The number of nitrogens with zero attached hydrogens (tertiary/aromatic N) is 3. The molecule has 1 aliphatic heterocycles. The highest BCUT2D eigenvalue weighted by molar-refractivity contribution is 5.99. The number of nitrogens with one attached hydrogen (secondary N) is 3. The largest absolute Gasteiger partial charge is 0.454 e. The molecule has 5 rings (SSSR count). The van der Waals surface area contributed by atoms with Crippen molar-refractivity contribution in [1.29, 1.82) is 0 Å². The molecule has 0 saturated carbocycles. The van der Waals surface area contributed by atoms with E-state index in [1.54, 1.807) is 54.6 Å². The van der Waals surface area contributed by atoms with Crippen LogP contribution in [-0.2, 0) is 4.79 Å². The molecule has 0 saturated heterocycles. The summed E-state index contributed by atoms with van der Waals surface area (Å²) in [7, 11) is 0. The monoisotopic (exact) mass is 514 g/mol. The van der Waals surface area contributed by atoms with Crippen molar-refractivity contribution < 1.29 is 24.0 Å². The van der Waals surface area contributed by atoms with Crippen molar-refractivity contribution in [3.63, 3.8) is 0 Å². The molecule has 0 spiro atoms. The van der Waals surface area contributed by atoms with Gasteiger partial charge >= 0.3 is 0 Å². The SMILES string of the molecule is O=C(NC(C(=O)N/N=C/c1cc2c(cc1[N+](=O)[O-])OCO2)c1n[nH]c(=O)c2ccccc12)c1ccccc1. The third kappa shape index (κ3) is 4.75. The van der Waals surface area contributed by atoms with Crippen LogP contribution in [0, 0.1) is 10.1 Å². The summed E-state index contributed by atoms with van der Waals surface area (Å²) in [5.74, 6) is -0.866. The van der Waals surface area contributed by atoms with Gasteiger partial charge < -0.3 is 14.8 Å². The van der Waals surface area contributed by atoms with E-state index in [1.165, 1.54) is 12.1 Å². The van der Waals surface area contributed by atoms with Crippen molar-refractivity contribution in [2.45, 2.75) is 6.04 Å². The summed E-state index contributed by atoms with van der Waals surface area (Å²) in [6.45, 7) is -0.0767. The van der Waals surface area contributed by atoms with Gasteiger partial charge in [0.15, 0.2) is 17.5 Å². The standard InChI is InChI=1S/C25H18N6O7/c32-23(14-6-2-1-3-7-14)27-22(21-16-8-4-5-9-17(16)24(33)30-28-21)25(34)29-26-12-15-10-19-20(38-13-37-19)11-18(15)31(35)36/h1-12,22H,13H2,(H,27,32)(H,29,34)(H,30,33)/b26-12+. The van der Waals surface area contributed by atoms with Crippen LogP contribution in [-0.4, -0.2) is 39.9 Å². The third-order valence-electron chi connectivity index (χ3n) is 5.67. The van der Waals surface area contributed by atoms with Gasteiger partial charge in [-0.15, -0.1) is 0 Å². The van der Waals surface area contributed by atoms with Gasteiger partial charge in [-0.1, -0.05) is 36.4 Å². The Balaban J connectivity index is 1.47. The van der Waals surface area contributed by atoms with E-state index >= 15 is 0 Å². The summed E-state index contributed by atoms with van der Waals surface area (Å²) < 4.78 is 10.4. The maximum Gasteiger partial charge on any atom is 0.282 e. The molecule has 190 valence electrons. The second-order valence-corrected chi connectivity index (χ2v) is 8.01. The first-order valence-electron chi connectivity index (χ1n) is 11.2. The van der Waals surface area contributed by atoms with Gasteiger partial charge in [-0.25, -0.2) is 10.5 Å². The maximum atomic E-state index is 13.3. The molecule has 1 unspecified atom stereocenters. The molecule has 38 heavy (non-hydrogen) atoms. The van der Waals surface area contributed by atoms with E-state index in [0.29, 0.717) is 16.7 Å². The normalized spacial score (nSPS) is 12.8. The number of ether oxygens (including phenoxy) is 2. The number of aromatic nitrogens is 2. The Morgan fingerprint density at radius 1 is 1.05 bits per heavy atom. The number of nitro benzene ring substituents is 1. The molecule has 2 amide bonds. The summed E-state index contributed by atoms with van der Waals surface area (Å²) in [5, 5.41) is 25.0. The van der Waals surface area contributed by atoms with Crippen molar-refractivity contribution in [1.82, 2.24) is 20.9 Å². The Morgan fingerprint density at radius 3 is 2.47 bits per heavy atom. The zero-order valence-corrected chi connectivity index (χ0v) is 19.4. The number of rotatable bonds is 7. The molecule has 0 radical (unpaired) electrons. The molecule has 3 N–H and O–H groups in total. The van der Waals surface area contributed by atoms with Gasteiger partial charge in [0.25, 0.3) is 23.1 Å². The predicted octanol–water partition coefficient (Wildman–Crippen LogP) is 2.18. The fraction of sp³-hybridized carbons (Fsp3) is 0.0800. The summed E-state index contributed by atoms with van der Waals surface area (Å²) in [4.78, 5) is 49.3. The topological polar surface area (TPSA) is 178 Å². The zero-order chi connectivity index (χ0) is 26.6. The highest BCUT2D eigenvalue weighted by atomic mass is 16.7. The number of benzene rings is 3. The van der Waals surface area contributed by atoms with E-state index < -0.39 is 28.3 Å². The van der Waals surface area contributed by atoms with Crippen molar-refractivity contribution in [3.05, 3.63) is 104 Å². The van der Waals surface area contributed by atoms with E-state index in [1.807, 2.05) is 0 Å². The molecule has 2 heterocycles. The molecule has 0 aliphatic carbocycles. The number of amides is 2. The summed E-state index contributed by atoms with van der Waals surface area (Å²) >= 11 is 0. The van der Waals surface area contributed by atoms with Gasteiger partial charge in [-0.2, -0.15) is 10.2 Å². The fourth-order valence-electron chi connectivity index (χ4n) is 3.86. The van der Waals surface area contributed by atoms with Crippen LogP contribution in [0.3, 0.4) is 0 Å². The zero-order valence-electron chi connectivity index (χ0n) is 19.4. The predicted molar refractivity (Wildman–Crippen MR) is 134 cm³/mol. The van der Waals surface area contributed by atoms with Gasteiger partial charge in [0, 0.05) is 10.9 Å². The van der Waals surface area contributed by atoms with Gasteiger partial charge in [0.1, 0.15) is 5.69 Å². The van der Waals surface area contributed by atoms with Crippen LogP contribution in [0.2, 0.25) is 0 Å². The molecule has 13 nitrogen and oxygen atoms in total. The Hall–Kier alpha value is -5.59. The Kier molecular flexibility index (Phi) is 6.46. The molecule has 13 heteroatoms. The first-order chi connectivity index (χ1) is 18.4. The Morgan fingerprint density at radius 2 is 1.74 bits per heavy atom. The van der Waals surface area contributed by atoms with Crippen LogP contribution in [0.1, 0.15) is 27.7 Å². The number of carbonyl (C=O) groups is 2. The highest BCUT2D eigenvalue weighted by Gasteiger charge is 2.28. The van der Waals surface area contributed by atoms with Crippen LogP contribution in [0.4, 0.5) is 5.69 Å². The van der Waals surface area contributed by atoms with E-state index in [4.69, 9.17) is 9.47 Å². The molecule has 1 atom stereocenters. The van der Waals surface area contributed by atoms with Crippen molar-refractivity contribution in [2.75, 3.05) is 6.79 Å². The van der Waals surface area contributed by atoms with Gasteiger partial charge in [0.05, 0.1) is 28.2 Å². The minimum atomic E-state index is -1.38. The number of aromatic amines is 1. The molecular weight excluding hydrogens is 496 g/mol. The average molecular weight is 514 g/mol. The minimum Gasteiger partial charge on any atom is -0.454 e. The van der Waals surface area contributed by atoms with Crippen LogP contribution in [0.25, 0.3) is 10.8 Å². The number of carbonyl (C=O) groups excluding carboxylic acids is 2. The number of hydrazone groups is 1. The Bertz CT molecular complexity index is 1650. The van der Waals surface area contributed by atoms with Gasteiger partial charge in [0.2, 0.25) is 6.79 Å². The van der Waals surface area contributed by atoms with Crippen LogP contribution in [0.15, 0.2) is 76.6 Å². The van der Waals surface area contributed by atoms with E-state index in [0.717, 1.165) is 6.21 Å². The number of H-pyrrole nitrogens is 1. The van der Waals surface area contributed by atoms with Gasteiger partial charge in [-0.05, 0) is 24.3 Å². The smallest absolute Gasteiger partial charge is 0.282 e. The quantitative estimate of drug-likeness (QED) is 0.191. The average Bonchev–Trinajstić information content (AvgIpc) is 3.40. The van der Waals surface area contributed by atoms with Crippen molar-refractivity contribution in [2.24, 2.45) is 5.10 Å². The number of hydrogen-bond donors (Lipinski definition) is 3. The number of hydrogen-bond acceptors (Lipinski definition) is 9. The van der Waals surface area contributed by atoms with E-state index in [9.17, 15) is 24.5 Å².